The monoisotopic (exact) mass is 404 g/mol. The van der Waals surface area contributed by atoms with Gasteiger partial charge in [0.25, 0.3) is 5.56 Å². The van der Waals surface area contributed by atoms with Crippen molar-refractivity contribution in [1.82, 2.24) is 9.55 Å². The Morgan fingerprint density at radius 1 is 1.10 bits per heavy atom. The van der Waals surface area contributed by atoms with Crippen molar-refractivity contribution in [2.45, 2.75) is 20.4 Å². The van der Waals surface area contributed by atoms with Gasteiger partial charge in [0.15, 0.2) is 5.78 Å². The molecule has 2 heterocycles. The summed E-state index contributed by atoms with van der Waals surface area (Å²) in [6.45, 7) is 4.49. The molecule has 5 nitrogen and oxygen atoms in total. The number of aromatic nitrogens is 2. The lowest BCUT2D eigenvalue weighted by atomic mass is 10.0. The third-order valence-corrected chi connectivity index (χ3v) is 5.73. The lowest BCUT2D eigenvalue weighted by Crippen LogP contribution is -2.24. The number of nitrogens with zero attached hydrogens (tertiary/aromatic N) is 2. The van der Waals surface area contributed by atoms with Crippen LogP contribution in [0.1, 0.15) is 22.2 Å². The number of Topliss-reactive ketones (excluding diaryl/α,β-unsaturated/α-hetero) is 1. The van der Waals surface area contributed by atoms with E-state index in [-0.39, 0.29) is 17.9 Å². The minimum absolute atomic E-state index is 0.0383. The van der Waals surface area contributed by atoms with Gasteiger partial charge >= 0.3 is 0 Å². The van der Waals surface area contributed by atoms with Crippen molar-refractivity contribution < 1.29 is 9.53 Å². The van der Waals surface area contributed by atoms with E-state index in [0.29, 0.717) is 22.4 Å². The molecule has 0 aliphatic rings. The first-order valence-corrected chi connectivity index (χ1v) is 10.2. The van der Waals surface area contributed by atoms with Gasteiger partial charge in [0, 0.05) is 16.0 Å². The summed E-state index contributed by atoms with van der Waals surface area (Å²) in [6, 6.07) is 16.7. The van der Waals surface area contributed by atoms with Crippen LogP contribution in [0.15, 0.2) is 65.7 Å². The van der Waals surface area contributed by atoms with E-state index < -0.39 is 0 Å². The van der Waals surface area contributed by atoms with Crippen LogP contribution >= 0.6 is 11.3 Å². The van der Waals surface area contributed by atoms with Crippen molar-refractivity contribution in [3.05, 3.63) is 81.7 Å². The fourth-order valence-electron chi connectivity index (χ4n) is 3.35. The number of ether oxygens (including phenoxy) is 1. The zero-order valence-corrected chi connectivity index (χ0v) is 17.0. The van der Waals surface area contributed by atoms with Gasteiger partial charge in [0.05, 0.1) is 24.9 Å². The summed E-state index contributed by atoms with van der Waals surface area (Å²) in [7, 11) is 0. The number of thiophene rings is 1. The number of hydrogen-bond acceptors (Lipinski definition) is 5. The van der Waals surface area contributed by atoms with Gasteiger partial charge in [-0.1, -0.05) is 42.5 Å². The number of hydrogen-bond donors (Lipinski definition) is 0. The van der Waals surface area contributed by atoms with Gasteiger partial charge in [-0.15, -0.1) is 11.3 Å². The Morgan fingerprint density at radius 3 is 2.52 bits per heavy atom. The summed E-state index contributed by atoms with van der Waals surface area (Å²) in [5.74, 6) is 0.667. The van der Waals surface area contributed by atoms with Gasteiger partial charge in [-0.25, -0.2) is 4.98 Å². The normalized spacial score (nSPS) is 11.0. The van der Waals surface area contributed by atoms with E-state index >= 15 is 0 Å². The van der Waals surface area contributed by atoms with Crippen molar-refractivity contribution in [3.63, 3.8) is 0 Å². The molecular formula is C23H20N2O3S. The third kappa shape index (κ3) is 3.71. The summed E-state index contributed by atoms with van der Waals surface area (Å²) < 4.78 is 6.90. The average molecular weight is 404 g/mol. The third-order valence-electron chi connectivity index (χ3n) is 4.72. The molecule has 2 aromatic carbocycles. The van der Waals surface area contributed by atoms with Crippen molar-refractivity contribution in [3.8, 4) is 16.9 Å². The van der Waals surface area contributed by atoms with Gasteiger partial charge in [-0.3, -0.25) is 14.2 Å². The standard InChI is InChI=1S/C23H20N2O3S/c1-3-28-18-11-9-17(10-12-18)20-15(2)29-22-21(20)23(27)25(14-24-22)13-19(26)16-7-5-4-6-8-16/h4-12,14H,3,13H2,1-2H3. The van der Waals surface area contributed by atoms with Gasteiger partial charge in [-0.2, -0.15) is 0 Å². The van der Waals surface area contributed by atoms with E-state index in [9.17, 15) is 9.59 Å². The number of rotatable bonds is 6. The molecule has 0 radical (unpaired) electrons. The number of carbonyl (C=O) groups excluding carboxylic acids is 1. The molecule has 0 unspecified atom stereocenters. The molecule has 29 heavy (non-hydrogen) atoms. The Balaban J connectivity index is 1.77. The molecule has 6 heteroatoms. The highest BCUT2D eigenvalue weighted by Gasteiger charge is 2.18. The molecule has 0 aliphatic heterocycles. The fraction of sp³-hybridized carbons (Fsp3) is 0.174. The first-order valence-electron chi connectivity index (χ1n) is 9.38. The minimum Gasteiger partial charge on any atom is -0.494 e. The maximum Gasteiger partial charge on any atom is 0.263 e. The topological polar surface area (TPSA) is 61.2 Å². The van der Waals surface area contributed by atoms with Crippen LogP contribution in [0.2, 0.25) is 0 Å². The number of fused-ring (bicyclic) bond motifs is 1. The van der Waals surface area contributed by atoms with Crippen molar-refractivity contribution in [2.75, 3.05) is 6.61 Å². The highest BCUT2D eigenvalue weighted by Crippen LogP contribution is 2.36. The predicted octanol–water partition coefficient (Wildman–Crippen LogP) is 4.72. The molecule has 0 atom stereocenters. The molecular weight excluding hydrogens is 384 g/mol. The van der Waals surface area contributed by atoms with Crippen molar-refractivity contribution in [1.29, 1.82) is 0 Å². The molecule has 0 amide bonds. The Morgan fingerprint density at radius 2 is 1.83 bits per heavy atom. The van der Waals surface area contributed by atoms with Gasteiger partial charge < -0.3 is 4.74 Å². The van der Waals surface area contributed by atoms with Crippen LogP contribution in [0.25, 0.3) is 21.3 Å². The molecule has 2 aromatic heterocycles. The minimum atomic E-state index is -0.201. The van der Waals surface area contributed by atoms with Crippen LogP contribution in [-0.2, 0) is 6.54 Å². The second kappa shape index (κ2) is 8.01. The van der Waals surface area contributed by atoms with E-state index in [1.807, 2.05) is 56.3 Å². The number of aryl methyl sites for hydroxylation is 1. The molecule has 4 aromatic rings. The summed E-state index contributed by atoms with van der Waals surface area (Å²) in [5.41, 5.74) is 2.18. The molecule has 0 spiro atoms. The maximum atomic E-state index is 13.2. The van der Waals surface area contributed by atoms with Crippen LogP contribution < -0.4 is 10.3 Å². The largest absolute Gasteiger partial charge is 0.494 e. The summed E-state index contributed by atoms with van der Waals surface area (Å²) in [4.78, 5) is 31.9. The van der Waals surface area contributed by atoms with Crippen LogP contribution in [0.5, 0.6) is 5.75 Å². The zero-order chi connectivity index (χ0) is 20.4. The number of carbonyl (C=O) groups is 1. The number of benzene rings is 2. The quantitative estimate of drug-likeness (QED) is 0.437. The summed E-state index contributed by atoms with van der Waals surface area (Å²) in [5, 5.41) is 0.556. The fourth-order valence-corrected chi connectivity index (χ4v) is 4.36. The van der Waals surface area contributed by atoms with E-state index in [1.165, 1.54) is 22.2 Å². The highest BCUT2D eigenvalue weighted by atomic mass is 32.1. The molecule has 0 bridgehead atoms. The summed E-state index contributed by atoms with van der Waals surface area (Å²) >= 11 is 1.49. The molecule has 146 valence electrons. The second-order valence-electron chi connectivity index (χ2n) is 6.64. The average Bonchev–Trinajstić information content (AvgIpc) is 3.08. The Bertz CT molecular complexity index is 1220. The predicted molar refractivity (Wildman–Crippen MR) is 116 cm³/mol. The Hall–Kier alpha value is -3.25. The van der Waals surface area contributed by atoms with Crippen LogP contribution in [0, 0.1) is 6.92 Å². The van der Waals surface area contributed by atoms with Gasteiger partial charge in [0.2, 0.25) is 0 Å². The molecule has 0 N–H and O–H groups in total. The lowest BCUT2D eigenvalue weighted by Gasteiger charge is -2.07. The van der Waals surface area contributed by atoms with Crippen molar-refractivity contribution in [2.24, 2.45) is 0 Å². The van der Waals surface area contributed by atoms with Gasteiger partial charge in [-0.05, 0) is 31.5 Å². The SMILES string of the molecule is CCOc1ccc(-c2c(C)sc3ncn(CC(=O)c4ccccc4)c(=O)c23)cc1. The second-order valence-corrected chi connectivity index (χ2v) is 7.84. The van der Waals surface area contributed by atoms with Crippen LogP contribution in [0.3, 0.4) is 0 Å². The highest BCUT2D eigenvalue weighted by molar-refractivity contribution is 7.19. The molecule has 0 aliphatic carbocycles. The Kier molecular flexibility index (Phi) is 5.27. The van der Waals surface area contributed by atoms with E-state index in [0.717, 1.165) is 21.8 Å². The van der Waals surface area contributed by atoms with Gasteiger partial charge in [0.1, 0.15) is 10.6 Å². The van der Waals surface area contributed by atoms with Crippen LogP contribution in [-0.4, -0.2) is 21.9 Å². The van der Waals surface area contributed by atoms with E-state index in [1.54, 1.807) is 12.1 Å². The smallest absolute Gasteiger partial charge is 0.263 e. The molecule has 4 rings (SSSR count). The number of ketones is 1. The maximum absolute atomic E-state index is 13.2. The Labute approximate surface area is 172 Å². The molecule has 0 saturated carbocycles. The van der Waals surface area contributed by atoms with E-state index in [4.69, 9.17) is 4.74 Å². The molecule has 0 fully saturated rings. The summed E-state index contributed by atoms with van der Waals surface area (Å²) in [6.07, 6.45) is 1.46. The first-order chi connectivity index (χ1) is 14.1. The molecule has 0 saturated heterocycles. The first kappa shape index (κ1) is 19.1. The van der Waals surface area contributed by atoms with Crippen molar-refractivity contribution >= 4 is 27.3 Å². The lowest BCUT2D eigenvalue weighted by molar-refractivity contribution is 0.0970. The van der Waals surface area contributed by atoms with E-state index in [2.05, 4.69) is 4.98 Å². The zero-order valence-electron chi connectivity index (χ0n) is 16.2. The van der Waals surface area contributed by atoms with Crippen LogP contribution in [0.4, 0.5) is 0 Å².